The zero-order valence-electron chi connectivity index (χ0n) is 18.7. The molecule has 0 saturated heterocycles. The van der Waals surface area contributed by atoms with Gasteiger partial charge in [0.25, 0.3) is 0 Å². The van der Waals surface area contributed by atoms with Gasteiger partial charge < -0.3 is 9.88 Å². The number of aromatic amines is 2. The van der Waals surface area contributed by atoms with Gasteiger partial charge >= 0.3 is 0 Å². The van der Waals surface area contributed by atoms with Crippen LogP contribution in [0, 0.1) is 10.9 Å². The maximum Gasteiger partial charge on any atom is 0.176 e. The smallest absolute Gasteiger partial charge is 0.176 e. The first-order chi connectivity index (χ1) is 17.0. The van der Waals surface area contributed by atoms with Crippen molar-refractivity contribution in [2.24, 2.45) is 0 Å². The van der Waals surface area contributed by atoms with E-state index in [4.69, 9.17) is 0 Å². The van der Waals surface area contributed by atoms with Crippen molar-refractivity contribution >= 4 is 33.3 Å². The van der Waals surface area contributed by atoms with Crippen molar-refractivity contribution in [2.45, 2.75) is 6.54 Å². The number of thiophene rings is 1. The monoisotopic (exact) mass is 488 g/mol. The first-order valence-corrected chi connectivity index (χ1v) is 11.5. The quantitative estimate of drug-likeness (QED) is 0.353. The van der Waals surface area contributed by atoms with E-state index in [-0.39, 0.29) is 16.2 Å². The average molecular weight is 489 g/mol. The van der Waals surface area contributed by atoms with E-state index < -0.39 is 5.82 Å². The highest BCUT2D eigenvalue weighted by Gasteiger charge is 2.21. The number of aromatic nitrogens is 7. The Kier molecular flexibility index (Phi) is 5.08. The minimum atomic E-state index is -0.519. The van der Waals surface area contributed by atoms with E-state index in [0.29, 0.717) is 50.6 Å². The largest absolute Gasteiger partial charge is 0.335 e. The molecule has 0 atom stereocenters. The molecule has 6 aromatic heterocycles. The van der Waals surface area contributed by atoms with Crippen LogP contribution in [-0.4, -0.2) is 54.1 Å². The topological polar surface area (TPSA) is 99.3 Å². The van der Waals surface area contributed by atoms with Crippen LogP contribution in [0.15, 0.2) is 49.2 Å². The minimum absolute atomic E-state index is 0.181. The summed E-state index contributed by atoms with van der Waals surface area (Å²) < 4.78 is 29.5. The van der Waals surface area contributed by atoms with Crippen LogP contribution < -0.4 is 0 Å². The molecule has 6 aromatic rings. The second kappa shape index (κ2) is 8.29. The number of nitrogens with one attached hydrogen (secondary N) is 2. The number of nitrogens with zero attached hydrogens (tertiary/aromatic N) is 6. The SMILES string of the molecule is CN(C)Cc1cncc(-c2ncc3[nH]nc(-c4nc5c(-c6ccc(F)s6)cncc5[nH]4)c3c2F)c1. The predicted octanol–water partition coefficient (Wildman–Crippen LogP) is 5.03. The number of hydrogen-bond donors (Lipinski definition) is 2. The molecule has 0 amide bonds. The molecule has 0 aliphatic rings. The fourth-order valence-corrected chi connectivity index (χ4v) is 4.84. The summed E-state index contributed by atoms with van der Waals surface area (Å²) in [6.45, 7) is 0.672. The molecule has 35 heavy (non-hydrogen) atoms. The highest BCUT2D eigenvalue weighted by Crippen LogP contribution is 2.35. The van der Waals surface area contributed by atoms with Crippen LogP contribution in [0.2, 0.25) is 0 Å². The van der Waals surface area contributed by atoms with E-state index in [2.05, 4.69) is 35.1 Å². The molecule has 0 radical (unpaired) electrons. The zero-order chi connectivity index (χ0) is 24.1. The molecule has 0 spiro atoms. The molecular weight excluding hydrogens is 470 g/mol. The summed E-state index contributed by atoms with van der Waals surface area (Å²) in [5.41, 5.74) is 4.39. The molecule has 0 bridgehead atoms. The molecule has 6 rings (SSSR count). The van der Waals surface area contributed by atoms with Crippen LogP contribution in [0.5, 0.6) is 0 Å². The lowest BCUT2D eigenvalue weighted by Gasteiger charge is -2.10. The molecule has 0 aromatic carbocycles. The highest BCUT2D eigenvalue weighted by molar-refractivity contribution is 7.14. The van der Waals surface area contributed by atoms with Crippen molar-refractivity contribution in [2.75, 3.05) is 14.1 Å². The van der Waals surface area contributed by atoms with E-state index in [1.54, 1.807) is 37.1 Å². The molecule has 0 saturated carbocycles. The van der Waals surface area contributed by atoms with E-state index in [1.165, 1.54) is 6.07 Å². The van der Waals surface area contributed by atoms with Gasteiger partial charge in [0.2, 0.25) is 0 Å². The maximum atomic E-state index is 15.9. The van der Waals surface area contributed by atoms with Gasteiger partial charge in [0.05, 0.1) is 28.8 Å². The zero-order valence-corrected chi connectivity index (χ0v) is 19.5. The molecule has 6 heterocycles. The first kappa shape index (κ1) is 21.4. The minimum Gasteiger partial charge on any atom is -0.335 e. The van der Waals surface area contributed by atoms with Crippen LogP contribution >= 0.6 is 11.3 Å². The fourth-order valence-electron chi connectivity index (χ4n) is 4.10. The van der Waals surface area contributed by atoms with Gasteiger partial charge in [0, 0.05) is 41.1 Å². The number of pyridine rings is 3. The van der Waals surface area contributed by atoms with Crippen molar-refractivity contribution in [3.63, 3.8) is 0 Å². The Morgan fingerprint density at radius 1 is 0.971 bits per heavy atom. The van der Waals surface area contributed by atoms with Crippen LogP contribution in [0.4, 0.5) is 8.78 Å². The Balaban J connectivity index is 1.49. The lowest BCUT2D eigenvalue weighted by molar-refractivity contribution is 0.402. The molecule has 174 valence electrons. The standard InChI is InChI=1S/C24H18F2N8S/c1-34(2)11-12-5-13(7-27-6-12)21-20(26)19-15(10-29-21)32-33-23(19)24-30-16-9-28-8-14(22(16)31-24)17-3-4-18(25)35-17/h3-10H,11H2,1-2H3,(H,30,31)(H,32,33). The third kappa shape index (κ3) is 3.74. The first-order valence-electron chi connectivity index (χ1n) is 10.7. The third-order valence-corrected chi connectivity index (χ3v) is 6.48. The number of H-pyrrole nitrogens is 2. The second-order valence-electron chi connectivity index (χ2n) is 8.37. The molecular formula is C24H18F2N8S. The summed E-state index contributed by atoms with van der Waals surface area (Å²) in [5.74, 6) is -0.151. The number of fused-ring (bicyclic) bond motifs is 2. The molecule has 8 nitrogen and oxygen atoms in total. The van der Waals surface area contributed by atoms with Gasteiger partial charge in [-0.3, -0.25) is 20.1 Å². The lowest BCUT2D eigenvalue weighted by Crippen LogP contribution is -2.10. The van der Waals surface area contributed by atoms with Gasteiger partial charge in [0.1, 0.15) is 16.9 Å². The van der Waals surface area contributed by atoms with Crippen LogP contribution in [-0.2, 0) is 6.54 Å². The third-order valence-electron chi connectivity index (χ3n) is 5.57. The van der Waals surface area contributed by atoms with Gasteiger partial charge in [-0.2, -0.15) is 9.49 Å². The van der Waals surface area contributed by atoms with E-state index in [0.717, 1.165) is 16.9 Å². The van der Waals surface area contributed by atoms with Gasteiger partial charge in [0.15, 0.2) is 16.8 Å². The Morgan fingerprint density at radius 3 is 2.63 bits per heavy atom. The summed E-state index contributed by atoms with van der Waals surface area (Å²) >= 11 is 1.01. The van der Waals surface area contributed by atoms with E-state index in [1.807, 2.05) is 25.1 Å². The van der Waals surface area contributed by atoms with Crippen molar-refractivity contribution in [1.82, 2.24) is 40.0 Å². The molecule has 11 heteroatoms. The molecule has 0 aliphatic heterocycles. The Labute approximate surface area is 201 Å². The molecule has 0 fully saturated rings. The van der Waals surface area contributed by atoms with Crippen molar-refractivity contribution in [3.05, 3.63) is 65.7 Å². The summed E-state index contributed by atoms with van der Waals surface area (Å²) in [7, 11) is 3.91. The highest BCUT2D eigenvalue weighted by atomic mass is 32.1. The summed E-state index contributed by atoms with van der Waals surface area (Å²) in [6, 6.07) is 4.97. The van der Waals surface area contributed by atoms with E-state index >= 15 is 4.39 Å². The van der Waals surface area contributed by atoms with Gasteiger partial charge in [-0.05, 0) is 37.9 Å². The maximum absolute atomic E-state index is 15.9. The number of halogens is 2. The van der Waals surface area contributed by atoms with Crippen molar-refractivity contribution in [3.8, 4) is 33.2 Å². The normalized spacial score (nSPS) is 11.8. The number of rotatable bonds is 5. The van der Waals surface area contributed by atoms with Gasteiger partial charge in [-0.15, -0.1) is 11.3 Å². The summed E-state index contributed by atoms with van der Waals surface area (Å²) in [4.78, 5) is 23.4. The fraction of sp³-hybridized carbons (Fsp3) is 0.125. The molecule has 2 N–H and O–H groups in total. The molecule has 0 unspecified atom stereocenters. The second-order valence-corrected chi connectivity index (χ2v) is 9.41. The predicted molar refractivity (Wildman–Crippen MR) is 131 cm³/mol. The van der Waals surface area contributed by atoms with E-state index in [9.17, 15) is 4.39 Å². The Hall–Kier alpha value is -4.09. The van der Waals surface area contributed by atoms with Crippen LogP contribution in [0.3, 0.4) is 0 Å². The summed E-state index contributed by atoms with van der Waals surface area (Å²) in [6.07, 6.45) is 8.15. The van der Waals surface area contributed by atoms with Crippen molar-refractivity contribution in [1.29, 1.82) is 0 Å². The average Bonchev–Trinajstić information content (AvgIpc) is 3.56. The van der Waals surface area contributed by atoms with Crippen molar-refractivity contribution < 1.29 is 8.78 Å². The Bertz CT molecular complexity index is 1700. The van der Waals surface area contributed by atoms with Gasteiger partial charge in [-0.25, -0.2) is 9.37 Å². The number of imidazole rings is 1. The van der Waals surface area contributed by atoms with Crippen LogP contribution in [0.25, 0.3) is 55.2 Å². The summed E-state index contributed by atoms with van der Waals surface area (Å²) in [5, 5.41) is 7.13. The lowest BCUT2D eigenvalue weighted by atomic mass is 10.1. The van der Waals surface area contributed by atoms with Gasteiger partial charge in [-0.1, -0.05) is 0 Å². The molecule has 0 aliphatic carbocycles. The van der Waals surface area contributed by atoms with Crippen LogP contribution in [0.1, 0.15) is 5.56 Å². The number of hydrogen-bond acceptors (Lipinski definition) is 7. The Morgan fingerprint density at radius 2 is 1.83 bits per heavy atom.